The van der Waals surface area contributed by atoms with Gasteiger partial charge in [0.2, 0.25) is 10.0 Å². The maximum atomic E-state index is 12.8. The van der Waals surface area contributed by atoms with Crippen molar-refractivity contribution in [2.45, 2.75) is 25.8 Å². The van der Waals surface area contributed by atoms with Crippen molar-refractivity contribution in [3.8, 4) is 0 Å². The number of aromatic amines is 1. The second kappa shape index (κ2) is 6.88. The van der Waals surface area contributed by atoms with Crippen molar-refractivity contribution in [1.29, 1.82) is 0 Å². The summed E-state index contributed by atoms with van der Waals surface area (Å²) in [5, 5.41) is 0. The summed E-state index contributed by atoms with van der Waals surface area (Å²) in [5.74, 6) is -0.0196. The number of H-pyrrole nitrogens is 1. The Balaban J connectivity index is 1.72. The number of hydrogen-bond acceptors (Lipinski definition) is 4. The van der Waals surface area contributed by atoms with E-state index in [4.69, 9.17) is 0 Å². The molecule has 1 aromatic carbocycles. The highest BCUT2D eigenvalue weighted by molar-refractivity contribution is 7.89. The van der Waals surface area contributed by atoms with E-state index in [9.17, 15) is 18.0 Å². The van der Waals surface area contributed by atoms with Crippen LogP contribution in [0, 0.1) is 0 Å². The van der Waals surface area contributed by atoms with E-state index in [2.05, 4.69) is 4.98 Å². The molecule has 26 heavy (non-hydrogen) atoms. The minimum atomic E-state index is -3.22. The normalized spacial score (nSPS) is 16.5. The molecule has 1 N–H and O–H groups in total. The van der Waals surface area contributed by atoms with Gasteiger partial charge in [0.1, 0.15) is 0 Å². The van der Waals surface area contributed by atoms with E-state index in [0.717, 1.165) is 5.52 Å². The molecule has 0 bridgehead atoms. The molecule has 0 atom stereocenters. The summed E-state index contributed by atoms with van der Waals surface area (Å²) < 4.78 is 26.9. The molecular weight excluding hydrogens is 356 g/mol. The molecule has 2 aromatic rings. The zero-order valence-corrected chi connectivity index (χ0v) is 16.0. The molecule has 9 heteroatoms. The van der Waals surface area contributed by atoms with Crippen LogP contribution in [-0.4, -0.2) is 65.0 Å². The van der Waals surface area contributed by atoms with Gasteiger partial charge in [-0.3, -0.25) is 9.36 Å². The van der Waals surface area contributed by atoms with Gasteiger partial charge < -0.3 is 9.88 Å². The van der Waals surface area contributed by atoms with Crippen LogP contribution in [0.3, 0.4) is 0 Å². The number of fused-ring (bicyclic) bond motifs is 1. The number of likely N-dealkylation sites (tertiary alicyclic amines) is 1. The highest BCUT2D eigenvalue weighted by Crippen LogP contribution is 2.21. The number of sulfonamides is 1. The lowest BCUT2D eigenvalue weighted by atomic mass is 10.0. The molecule has 1 saturated heterocycles. The number of nitrogens with zero attached hydrogens (tertiary/aromatic N) is 3. The monoisotopic (exact) mass is 380 g/mol. The summed E-state index contributed by atoms with van der Waals surface area (Å²) in [6.45, 7) is 2.65. The third kappa shape index (κ3) is 3.28. The highest BCUT2D eigenvalue weighted by Gasteiger charge is 2.30. The molecule has 1 aromatic heterocycles. The first kappa shape index (κ1) is 18.7. The SMILES string of the molecule is CCS(=O)(=O)N(C)C1CCN(C(=O)c2ccc3c(c2)[nH]c(=O)n3C)CC1. The molecule has 1 aliphatic rings. The molecule has 2 heterocycles. The number of imidazole rings is 1. The van der Waals surface area contributed by atoms with Crippen LogP contribution in [0.4, 0.5) is 0 Å². The van der Waals surface area contributed by atoms with E-state index in [0.29, 0.717) is 37.0 Å². The Labute approximate surface area is 152 Å². The topological polar surface area (TPSA) is 95.5 Å². The van der Waals surface area contributed by atoms with Crippen molar-refractivity contribution in [2.24, 2.45) is 7.05 Å². The van der Waals surface area contributed by atoms with Crippen molar-refractivity contribution in [1.82, 2.24) is 18.8 Å². The molecular formula is C17H24N4O4S. The number of aryl methyl sites for hydroxylation is 1. The third-order valence-electron chi connectivity index (χ3n) is 5.22. The molecule has 0 saturated carbocycles. The first-order valence-electron chi connectivity index (χ1n) is 8.68. The number of carbonyl (C=O) groups is 1. The quantitative estimate of drug-likeness (QED) is 0.847. The van der Waals surface area contributed by atoms with Crippen LogP contribution in [0.5, 0.6) is 0 Å². The fourth-order valence-corrected chi connectivity index (χ4v) is 4.49. The van der Waals surface area contributed by atoms with E-state index < -0.39 is 10.0 Å². The van der Waals surface area contributed by atoms with Crippen LogP contribution in [0.1, 0.15) is 30.1 Å². The Bertz CT molecular complexity index is 984. The fourth-order valence-electron chi connectivity index (χ4n) is 3.42. The molecule has 0 aliphatic carbocycles. The third-order valence-corrected chi connectivity index (χ3v) is 7.13. The van der Waals surface area contributed by atoms with Crippen LogP contribution in [0.2, 0.25) is 0 Å². The lowest BCUT2D eigenvalue weighted by molar-refractivity contribution is 0.0686. The van der Waals surface area contributed by atoms with Gasteiger partial charge in [0.25, 0.3) is 5.91 Å². The van der Waals surface area contributed by atoms with E-state index in [-0.39, 0.29) is 23.4 Å². The summed E-state index contributed by atoms with van der Waals surface area (Å²) in [7, 11) is 0.0667. The van der Waals surface area contributed by atoms with Gasteiger partial charge in [-0.05, 0) is 38.0 Å². The first-order valence-corrected chi connectivity index (χ1v) is 10.3. The number of piperidine rings is 1. The molecule has 0 radical (unpaired) electrons. The maximum absolute atomic E-state index is 12.8. The Morgan fingerprint density at radius 1 is 1.31 bits per heavy atom. The summed E-state index contributed by atoms with van der Waals surface area (Å²) in [6, 6.07) is 5.10. The van der Waals surface area contributed by atoms with E-state index in [1.54, 1.807) is 44.1 Å². The second-order valence-corrected chi connectivity index (χ2v) is 8.98. The Kier molecular flexibility index (Phi) is 4.94. The molecule has 3 rings (SSSR count). The number of aromatic nitrogens is 2. The average Bonchev–Trinajstić information content (AvgIpc) is 2.94. The summed E-state index contributed by atoms with van der Waals surface area (Å²) in [6.07, 6.45) is 1.23. The van der Waals surface area contributed by atoms with Crippen molar-refractivity contribution in [3.63, 3.8) is 0 Å². The van der Waals surface area contributed by atoms with E-state index in [1.165, 1.54) is 8.87 Å². The lowest BCUT2D eigenvalue weighted by Gasteiger charge is -2.36. The molecule has 0 unspecified atom stereocenters. The van der Waals surface area contributed by atoms with Crippen LogP contribution in [0.15, 0.2) is 23.0 Å². The van der Waals surface area contributed by atoms with Crippen LogP contribution < -0.4 is 5.69 Å². The van der Waals surface area contributed by atoms with Crippen molar-refractivity contribution in [2.75, 3.05) is 25.9 Å². The van der Waals surface area contributed by atoms with Gasteiger partial charge in [-0.1, -0.05) is 0 Å². The Morgan fingerprint density at radius 2 is 1.96 bits per heavy atom. The van der Waals surface area contributed by atoms with Gasteiger partial charge in [-0.2, -0.15) is 0 Å². The zero-order chi connectivity index (χ0) is 19.1. The smallest absolute Gasteiger partial charge is 0.326 e. The van der Waals surface area contributed by atoms with Gasteiger partial charge in [-0.25, -0.2) is 17.5 Å². The standard InChI is InChI=1S/C17H24N4O4S/c1-4-26(24,25)20(3)13-7-9-21(10-8-13)16(22)12-5-6-15-14(11-12)18-17(23)19(15)2/h5-6,11,13H,4,7-10H2,1-3H3,(H,18,23). The average molecular weight is 380 g/mol. The predicted octanol–water partition coefficient (Wildman–Crippen LogP) is 0.753. The summed E-state index contributed by atoms with van der Waals surface area (Å²) >= 11 is 0. The second-order valence-electron chi connectivity index (χ2n) is 6.66. The van der Waals surface area contributed by atoms with Gasteiger partial charge in [0.15, 0.2) is 0 Å². The zero-order valence-electron chi connectivity index (χ0n) is 15.2. The van der Waals surface area contributed by atoms with Crippen LogP contribution >= 0.6 is 0 Å². The van der Waals surface area contributed by atoms with Gasteiger partial charge in [0.05, 0.1) is 16.8 Å². The maximum Gasteiger partial charge on any atom is 0.326 e. The predicted molar refractivity (Wildman–Crippen MR) is 99.7 cm³/mol. The van der Waals surface area contributed by atoms with Crippen molar-refractivity contribution >= 4 is 27.0 Å². The van der Waals surface area contributed by atoms with Gasteiger partial charge >= 0.3 is 5.69 Å². The number of benzene rings is 1. The number of rotatable bonds is 4. The molecule has 1 fully saturated rings. The van der Waals surface area contributed by atoms with Gasteiger partial charge in [0, 0.05) is 38.8 Å². The molecule has 1 aliphatic heterocycles. The number of nitrogens with one attached hydrogen (secondary N) is 1. The fraction of sp³-hybridized carbons (Fsp3) is 0.529. The minimum Gasteiger partial charge on any atom is -0.339 e. The van der Waals surface area contributed by atoms with E-state index >= 15 is 0 Å². The number of amides is 1. The first-order chi connectivity index (χ1) is 12.2. The minimum absolute atomic E-state index is 0.0723. The molecule has 0 spiro atoms. The van der Waals surface area contributed by atoms with Crippen molar-refractivity contribution in [3.05, 3.63) is 34.2 Å². The lowest BCUT2D eigenvalue weighted by Crippen LogP contribution is -2.47. The summed E-state index contributed by atoms with van der Waals surface area (Å²) in [5.41, 5.74) is 1.68. The molecule has 142 valence electrons. The van der Waals surface area contributed by atoms with Crippen molar-refractivity contribution < 1.29 is 13.2 Å². The number of hydrogen-bond donors (Lipinski definition) is 1. The Morgan fingerprint density at radius 3 is 2.58 bits per heavy atom. The summed E-state index contributed by atoms with van der Waals surface area (Å²) in [4.78, 5) is 28.9. The molecule has 1 amide bonds. The highest BCUT2D eigenvalue weighted by atomic mass is 32.2. The van der Waals surface area contributed by atoms with Crippen LogP contribution in [-0.2, 0) is 17.1 Å². The Hall–Kier alpha value is -2.13. The van der Waals surface area contributed by atoms with Gasteiger partial charge in [-0.15, -0.1) is 0 Å². The largest absolute Gasteiger partial charge is 0.339 e. The van der Waals surface area contributed by atoms with E-state index in [1.807, 2.05) is 0 Å². The van der Waals surface area contributed by atoms with Crippen LogP contribution in [0.25, 0.3) is 11.0 Å². The molecule has 8 nitrogen and oxygen atoms in total. The number of carbonyl (C=O) groups excluding carboxylic acids is 1.